The first-order valence-electron chi connectivity index (χ1n) is 41.6. The third-order valence-corrected chi connectivity index (χ3v) is 22.4. The minimum atomic E-state index is 0.0775. The van der Waals surface area contributed by atoms with Crippen LogP contribution in [0.2, 0.25) is 5.02 Å². The van der Waals surface area contributed by atoms with Crippen molar-refractivity contribution in [2.45, 2.75) is 100 Å². The summed E-state index contributed by atoms with van der Waals surface area (Å²) in [5.74, 6) is 1.35. The van der Waals surface area contributed by atoms with Crippen LogP contribution in [0.4, 0.5) is 62.6 Å². The third kappa shape index (κ3) is 20.2. The molecule has 2 heterocycles. The summed E-state index contributed by atoms with van der Waals surface area (Å²) < 4.78 is 6.38. The zero-order chi connectivity index (χ0) is 82.8. The van der Waals surface area contributed by atoms with Gasteiger partial charge in [-0.05, 0) is 271 Å². The van der Waals surface area contributed by atoms with Crippen LogP contribution in [-0.4, -0.2) is 65.1 Å². The predicted octanol–water partition coefficient (Wildman–Crippen LogP) is 28.3. The average Bonchev–Trinajstić information content (AvgIpc) is 1.05. The summed E-state index contributed by atoms with van der Waals surface area (Å²) in [5, 5.41) is 7.81. The Hall–Kier alpha value is -12.6. The van der Waals surface area contributed by atoms with Gasteiger partial charge in [-0.15, -0.1) is 0 Å². The van der Waals surface area contributed by atoms with E-state index in [-0.39, 0.29) is 12.0 Å². The number of hydrogen-bond donors (Lipinski definition) is 0. The molecule has 1 aromatic heterocycles. The fraction of sp³-hybridized carbons (Fsp3) is 0.215. The van der Waals surface area contributed by atoms with Gasteiger partial charge in [0.1, 0.15) is 5.69 Å². The number of halogens is 1. The molecule has 0 saturated heterocycles. The highest BCUT2D eigenvalue weighted by atomic mass is 35.5. The summed E-state index contributed by atoms with van der Waals surface area (Å²) in [5.41, 5.74) is 31.4. The SMILES string of the molecule is CCCN(CCC)c1ccc(-c2nc(-c3ccc(N(C)C)cc3)c(-c3ccccc3Cl)o2)cc1.CCN(CC)c1ccc(/C=C/C2=NN(c3ccccc3)C(c3ccc(N(C)C)cc3)C2)cc1.Cc1ccc(N(c2ccc(C)cc2)c2ccc(C(c3ccccc3)c3ccc(N(c4ccc(C)cc4)c4ccc(C)cc4)cc3C)c(C)c2)cc1. The lowest BCUT2D eigenvalue weighted by Crippen LogP contribution is -2.24. The second-order valence-electron chi connectivity index (χ2n) is 31.2. The second kappa shape index (κ2) is 39.3. The molecule has 1 unspecified atom stereocenters. The van der Waals surface area contributed by atoms with Gasteiger partial charge in [-0.25, -0.2) is 4.98 Å². The molecule has 10 nitrogen and oxygen atoms in total. The van der Waals surface area contributed by atoms with Crippen molar-refractivity contribution in [2.75, 3.05) is 88.8 Å². The molecule has 0 saturated carbocycles. The standard InChI is InChI=1S/C49H46N2.C29H32ClN3O.C29H34N4/c1-34-12-20-41(21-13-34)50(42-22-14-35(2)15-23-42)45-28-30-47(38(5)32-45)49(40-10-8-7-9-11-40)48-31-29-46(33-39(48)6)51(43-24-16-36(3)17-25-43)44-26-18-37(4)19-27-44;1-5-19-33(20-6-2)24-17-13-22(14-18-24)29-31-27(21-11-15-23(16-12-21)32(3)4)28(34-29)25-9-7-8-10-26(25)30;1-5-32(6-2)27-18-13-23(14-19-27)12-17-25-22-29(24-15-20-26(21-16-24)31(3)4)33(30-25)28-10-8-7-9-11-28/h7-33,49H,1-6H3;7-18H,5-6,19-20H2,1-4H3;7-21,29H,5-6,22H2,1-4H3/b;;17-12+. The van der Waals surface area contributed by atoms with Crippen LogP contribution >= 0.6 is 11.6 Å². The van der Waals surface area contributed by atoms with Crippen LogP contribution in [-0.2, 0) is 0 Å². The molecule has 1 aliphatic rings. The van der Waals surface area contributed by atoms with Gasteiger partial charge >= 0.3 is 0 Å². The Balaban J connectivity index is 0.000000159. The number of anilines is 11. The topological polar surface area (TPSA) is 61.1 Å². The van der Waals surface area contributed by atoms with Gasteiger partial charge in [-0.3, -0.25) is 5.01 Å². The normalized spacial score (nSPS) is 12.4. The summed E-state index contributed by atoms with van der Waals surface area (Å²) in [6, 6.07) is 113. The van der Waals surface area contributed by atoms with Crippen molar-refractivity contribution in [1.29, 1.82) is 0 Å². The second-order valence-corrected chi connectivity index (χ2v) is 31.6. The molecule has 598 valence electrons. The number of para-hydroxylation sites is 1. The largest absolute Gasteiger partial charge is 0.435 e. The molecule has 11 heteroatoms. The van der Waals surface area contributed by atoms with Gasteiger partial charge < -0.3 is 33.8 Å². The highest BCUT2D eigenvalue weighted by Gasteiger charge is 2.30. The van der Waals surface area contributed by atoms with E-state index in [1.807, 2.05) is 44.4 Å². The molecule has 0 N–H and O–H groups in total. The van der Waals surface area contributed by atoms with Gasteiger partial charge in [-0.1, -0.05) is 212 Å². The Kier molecular flexibility index (Phi) is 27.8. The van der Waals surface area contributed by atoms with Crippen LogP contribution in [0.3, 0.4) is 0 Å². The maximum absolute atomic E-state index is 6.56. The van der Waals surface area contributed by atoms with Crippen molar-refractivity contribution in [1.82, 2.24) is 4.98 Å². The molecule has 1 aliphatic heterocycles. The number of aryl methyl sites for hydroxylation is 6. The number of hydrogen-bond acceptors (Lipinski definition) is 10. The predicted molar refractivity (Wildman–Crippen MR) is 507 cm³/mol. The van der Waals surface area contributed by atoms with Crippen molar-refractivity contribution in [3.8, 4) is 34.0 Å². The van der Waals surface area contributed by atoms with Gasteiger partial charge in [0, 0.05) is 140 Å². The number of oxazole rings is 1. The Morgan fingerprint density at radius 3 is 1.27 bits per heavy atom. The molecule has 0 amide bonds. The van der Waals surface area contributed by atoms with E-state index in [1.165, 1.54) is 78.3 Å². The lowest BCUT2D eigenvalue weighted by atomic mass is 9.81. The first-order valence-corrected chi connectivity index (χ1v) is 42.0. The van der Waals surface area contributed by atoms with Gasteiger partial charge in [-0.2, -0.15) is 5.10 Å². The lowest BCUT2D eigenvalue weighted by Gasteiger charge is -2.29. The van der Waals surface area contributed by atoms with Crippen LogP contribution in [0.1, 0.15) is 120 Å². The van der Waals surface area contributed by atoms with E-state index in [2.05, 4.69) is 415 Å². The molecule has 0 fully saturated rings. The molecule has 0 aliphatic carbocycles. The Morgan fingerprint density at radius 2 is 0.822 bits per heavy atom. The van der Waals surface area contributed by atoms with Gasteiger partial charge in [0.05, 0.1) is 22.5 Å². The molecule has 0 spiro atoms. The van der Waals surface area contributed by atoms with Crippen molar-refractivity contribution in [3.63, 3.8) is 0 Å². The first kappa shape index (κ1) is 83.3. The highest BCUT2D eigenvalue weighted by molar-refractivity contribution is 6.33. The van der Waals surface area contributed by atoms with E-state index in [4.69, 9.17) is 26.1 Å². The maximum atomic E-state index is 6.56. The van der Waals surface area contributed by atoms with Crippen molar-refractivity contribution in [2.24, 2.45) is 5.10 Å². The Morgan fingerprint density at radius 1 is 0.415 bits per heavy atom. The third-order valence-electron chi connectivity index (χ3n) is 22.1. The molecule has 1 atom stereocenters. The van der Waals surface area contributed by atoms with Gasteiger partial charge in [0.2, 0.25) is 5.89 Å². The van der Waals surface area contributed by atoms with Gasteiger partial charge in [0.25, 0.3) is 0 Å². The summed E-state index contributed by atoms with van der Waals surface area (Å²) in [7, 11) is 8.21. The van der Waals surface area contributed by atoms with E-state index in [1.54, 1.807) is 0 Å². The zero-order valence-corrected chi connectivity index (χ0v) is 71.8. The minimum absolute atomic E-state index is 0.0775. The van der Waals surface area contributed by atoms with Crippen LogP contribution in [0, 0.1) is 41.5 Å². The summed E-state index contributed by atoms with van der Waals surface area (Å²) >= 11 is 6.56. The fourth-order valence-corrected chi connectivity index (χ4v) is 15.7. The van der Waals surface area contributed by atoms with E-state index >= 15 is 0 Å². The number of aromatic nitrogens is 1. The maximum Gasteiger partial charge on any atom is 0.227 e. The van der Waals surface area contributed by atoms with Crippen molar-refractivity contribution >= 4 is 85.9 Å². The monoisotopic (exact) mass is 1570 g/mol. The molecule has 0 radical (unpaired) electrons. The van der Waals surface area contributed by atoms with Crippen LogP contribution in [0.5, 0.6) is 0 Å². The number of hydrazone groups is 1. The molecule has 0 bridgehead atoms. The van der Waals surface area contributed by atoms with Crippen LogP contribution in [0.25, 0.3) is 40.1 Å². The molecule has 13 aromatic carbocycles. The molecular formula is C107H112ClN9O. The zero-order valence-electron chi connectivity index (χ0n) is 71.1. The number of allylic oxidation sites excluding steroid dienone is 1. The van der Waals surface area contributed by atoms with Crippen molar-refractivity contribution in [3.05, 3.63) is 388 Å². The highest BCUT2D eigenvalue weighted by Crippen LogP contribution is 2.45. The lowest BCUT2D eigenvalue weighted by molar-refractivity contribution is 0.589. The quantitative estimate of drug-likeness (QED) is 0.0494. The average molecular weight is 1580 g/mol. The fourth-order valence-electron chi connectivity index (χ4n) is 15.5. The molecule has 14 aromatic rings. The molecular weight excluding hydrogens is 1460 g/mol. The number of rotatable bonds is 26. The Bertz CT molecular complexity index is 5360. The van der Waals surface area contributed by atoms with E-state index < -0.39 is 0 Å². The first-order chi connectivity index (χ1) is 57.3. The number of benzene rings is 13. The number of nitrogens with zero attached hydrogens (tertiary/aromatic N) is 9. The molecule has 15 rings (SSSR count). The molecule has 118 heavy (non-hydrogen) atoms. The smallest absolute Gasteiger partial charge is 0.227 e. The summed E-state index contributed by atoms with van der Waals surface area (Å²) in [6.07, 6.45) is 7.46. The van der Waals surface area contributed by atoms with Crippen LogP contribution in [0.15, 0.2) is 331 Å². The Labute approximate surface area is 706 Å². The van der Waals surface area contributed by atoms with Crippen molar-refractivity contribution < 1.29 is 4.42 Å². The summed E-state index contributed by atoms with van der Waals surface area (Å²) in [4.78, 5) is 18.6. The van der Waals surface area contributed by atoms with Gasteiger partial charge in [0.15, 0.2) is 5.76 Å². The van der Waals surface area contributed by atoms with Crippen LogP contribution < -0.4 is 34.4 Å². The van der Waals surface area contributed by atoms with E-state index in [9.17, 15) is 0 Å². The summed E-state index contributed by atoms with van der Waals surface area (Å²) in [6.45, 7) is 26.0. The van der Waals surface area contributed by atoms with E-state index in [0.29, 0.717) is 16.7 Å². The minimum Gasteiger partial charge on any atom is -0.435 e. The van der Waals surface area contributed by atoms with E-state index in [0.717, 1.165) is 119 Å².